The van der Waals surface area contributed by atoms with Gasteiger partial charge in [-0.3, -0.25) is 0 Å². The topological polar surface area (TPSA) is 26.0 Å². The molecule has 0 aromatic rings. The Balaban J connectivity index is 1.43. The molecule has 3 saturated carbocycles. The predicted octanol–water partition coefficient (Wildman–Crippen LogP) is 3.72. The summed E-state index contributed by atoms with van der Waals surface area (Å²) in [6.07, 6.45) is 14.6. The predicted molar refractivity (Wildman–Crippen MR) is 68.1 cm³/mol. The minimum absolute atomic E-state index is 0.521. The van der Waals surface area contributed by atoms with Crippen LogP contribution in [0.25, 0.3) is 0 Å². The van der Waals surface area contributed by atoms with Gasteiger partial charge in [-0.05, 0) is 55.8 Å². The molecule has 0 amide bonds. The average Bonchev–Trinajstić information content (AvgIpc) is 2.92. The Morgan fingerprint density at radius 3 is 2.38 bits per heavy atom. The van der Waals surface area contributed by atoms with Crippen molar-refractivity contribution in [2.45, 2.75) is 70.3 Å². The van der Waals surface area contributed by atoms with Crippen molar-refractivity contribution in [3.8, 4) is 0 Å². The lowest BCUT2D eigenvalue weighted by atomic mass is 9.82. The molecule has 4 unspecified atom stereocenters. The van der Waals surface area contributed by atoms with Crippen molar-refractivity contribution in [1.29, 1.82) is 0 Å². The fourth-order valence-electron chi connectivity index (χ4n) is 4.82. The highest BCUT2D eigenvalue weighted by atomic mass is 14.6. The van der Waals surface area contributed by atoms with Crippen molar-refractivity contribution in [1.82, 2.24) is 0 Å². The largest absolute Gasteiger partial charge is 0.328 e. The van der Waals surface area contributed by atoms with E-state index in [1.807, 2.05) is 0 Å². The molecule has 0 heterocycles. The second kappa shape index (κ2) is 4.68. The number of hydrogen-bond donors (Lipinski definition) is 1. The Morgan fingerprint density at radius 2 is 1.75 bits per heavy atom. The van der Waals surface area contributed by atoms with Crippen LogP contribution in [0, 0.1) is 23.7 Å². The van der Waals surface area contributed by atoms with Gasteiger partial charge in [0.2, 0.25) is 0 Å². The first-order valence-electron chi connectivity index (χ1n) is 7.57. The average molecular weight is 221 g/mol. The molecule has 0 aromatic heterocycles. The molecule has 3 aliphatic rings. The molecule has 2 bridgehead atoms. The molecule has 1 heteroatoms. The molecular formula is C15H27N. The lowest BCUT2D eigenvalue weighted by Gasteiger charge is -2.26. The zero-order chi connectivity index (χ0) is 11.0. The lowest BCUT2D eigenvalue weighted by molar-refractivity contribution is 0.277. The maximum absolute atomic E-state index is 6.37. The zero-order valence-corrected chi connectivity index (χ0v) is 10.5. The molecule has 16 heavy (non-hydrogen) atoms. The Morgan fingerprint density at radius 1 is 0.938 bits per heavy atom. The highest BCUT2D eigenvalue weighted by Crippen LogP contribution is 2.50. The smallest absolute Gasteiger partial charge is 0.00442 e. The second-order valence-electron chi connectivity index (χ2n) is 6.82. The zero-order valence-electron chi connectivity index (χ0n) is 10.5. The quantitative estimate of drug-likeness (QED) is 0.769. The minimum Gasteiger partial charge on any atom is -0.328 e. The van der Waals surface area contributed by atoms with Gasteiger partial charge in [0.15, 0.2) is 0 Å². The molecule has 3 aliphatic carbocycles. The van der Waals surface area contributed by atoms with Crippen molar-refractivity contribution in [3.05, 3.63) is 0 Å². The summed E-state index contributed by atoms with van der Waals surface area (Å²) in [6, 6.07) is 0.521. The summed E-state index contributed by atoms with van der Waals surface area (Å²) in [5.74, 6) is 4.15. The van der Waals surface area contributed by atoms with E-state index in [4.69, 9.17) is 5.73 Å². The van der Waals surface area contributed by atoms with Gasteiger partial charge in [0.1, 0.15) is 0 Å². The first-order chi connectivity index (χ1) is 7.81. The van der Waals surface area contributed by atoms with Crippen LogP contribution in [0.1, 0.15) is 64.2 Å². The van der Waals surface area contributed by atoms with E-state index < -0.39 is 0 Å². The van der Waals surface area contributed by atoms with E-state index in [-0.39, 0.29) is 0 Å². The number of hydrogen-bond acceptors (Lipinski definition) is 1. The van der Waals surface area contributed by atoms with Gasteiger partial charge in [-0.25, -0.2) is 0 Å². The Kier molecular flexibility index (Phi) is 3.24. The lowest BCUT2D eigenvalue weighted by Crippen LogP contribution is -2.28. The highest BCUT2D eigenvalue weighted by Gasteiger charge is 2.39. The Labute approximate surface area is 100 Å². The molecule has 4 atom stereocenters. The monoisotopic (exact) mass is 221 g/mol. The van der Waals surface area contributed by atoms with Crippen molar-refractivity contribution in [3.63, 3.8) is 0 Å². The van der Waals surface area contributed by atoms with Crippen LogP contribution >= 0.6 is 0 Å². The maximum Gasteiger partial charge on any atom is 0.00442 e. The number of nitrogens with two attached hydrogens (primary N) is 1. The van der Waals surface area contributed by atoms with Crippen molar-refractivity contribution < 1.29 is 0 Å². The van der Waals surface area contributed by atoms with Gasteiger partial charge >= 0.3 is 0 Å². The molecule has 3 rings (SSSR count). The second-order valence-corrected chi connectivity index (χ2v) is 6.82. The molecule has 0 aliphatic heterocycles. The Bertz CT molecular complexity index is 232. The van der Waals surface area contributed by atoms with Crippen LogP contribution in [-0.2, 0) is 0 Å². The van der Waals surface area contributed by atoms with Crippen molar-refractivity contribution in [2.75, 3.05) is 0 Å². The van der Waals surface area contributed by atoms with Gasteiger partial charge in [0, 0.05) is 6.04 Å². The van der Waals surface area contributed by atoms with E-state index in [2.05, 4.69) is 0 Å². The van der Waals surface area contributed by atoms with Crippen LogP contribution in [-0.4, -0.2) is 6.04 Å². The van der Waals surface area contributed by atoms with E-state index >= 15 is 0 Å². The first kappa shape index (κ1) is 11.1. The third kappa shape index (κ3) is 2.30. The number of fused-ring (bicyclic) bond motifs is 2. The third-order valence-electron chi connectivity index (χ3n) is 5.60. The summed E-state index contributed by atoms with van der Waals surface area (Å²) in [5.41, 5.74) is 6.37. The molecule has 3 fully saturated rings. The van der Waals surface area contributed by atoms with E-state index in [1.165, 1.54) is 57.8 Å². The summed E-state index contributed by atoms with van der Waals surface area (Å²) in [5, 5.41) is 0. The van der Waals surface area contributed by atoms with Gasteiger partial charge < -0.3 is 5.73 Å². The molecule has 0 aromatic carbocycles. The molecule has 92 valence electrons. The molecular weight excluding hydrogens is 194 g/mol. The van der Waals surface area contributed by atoms with E-state index in [9.17, 15) is 0 Å². The van der Waals surface area contributed by atoms with Crippen LogP contribution in [0.15, 0.2) is 0 Å². The SMILES string of the molecule is NC(CC1CCCC1)CC1CC2CCC1C2. The van der Waals surface area contributed by atoms with E-state index in [0.29, 0.717) is 6.04 Å². The fourth-order valence-corrected chi connectivity index (χ4v) is 4.82. The standard InChI is InChI=1S/C15H27N/c16-15(9-11-3-1-2-4-11)10-14-8-12-5-6-13(14)7-12/h11-15H,1-10,16H2. The molecule has 0 spiro atoms. The van der Waals surface area contributed by atoms with E-state index in [0.717, 1.165) is 23.7 Å². The van der Waals surface area contributed by atoms with Crippen LogP contribution in [0.2, 0.25) is 0 Å². The Hall–Kier alpha value is -0.0400. The minimum atomic E-state index is 0.521. The van der Waals surface area contributed by atoms with Crippen LogP contribution in [0.5, 0.6) is 0 Å². The molecule has 0 saturated heterocycles. The normalized spacial score (nSPS) is 40.7. The van der Waals surface area contributed by atoms with Crippen molar-refractivity contribution >= 4 is 0 Å². The summed E-state index contributed by atoms with van der Waals surface area (Å²) >= 11 is 0. The summed E-state index contributed by atoms with van der Waals surface area (Å²) in [7, 11) is 0. The molecule has 0 radical (unpaired) electrons. The summed E-state index contributed by atoms with van der Waals surface area (Å²) in [4.78, 5) is 0. The maximum atomic E-state index is 6.37. The van der Waals surface area contributed by atoms with Gasteiger partial charge in [-0.1, -0.05) is 32.1 Å². The van der Waals surface area contributed by atoms with Crippen LogP contribution in [0.3, 0.4) is 0 Å². The summed E-state index contributed by atoms with van der Waals surface area (Å²) in [6.45, 7) is 0. The fraction of sp³-hybridized carbons (Fsp3) is 1.00. The van der Waals surface area contributed by atoms with Crippen LogP contribution < -0.4 is 5.73 Å². The first-order valence-corrected chi connectivity index (χ1v) is 7.57. The van der Waals surface area contributed by atoms with Gasteiger partial charge in [0.05, 0.1) is 0 Å². The number of rotatable bonds is 4. The van der Waals surface area contributed by atoms with Gasteiger partial charge in [0.25, 0.3) is 0 Å². The third-order valence-corrected chi connectivity index (χ3v) is 5.60. The summed E-state index contributed by atoms with van der Waals surface area (Å²) < 4.78 is 0. The molecule has 1 nitrogen and oxygen atoms in total. The van der Waals surface area contributed by atoms with Gasteiger partial charge in [-0.15, -0.1) is 0 Å². The van der Waals surface area contributed by atoms with Crippen LogP contribution in [0.4, 0.5) is 0 Å². The van der Waals surface area contributed by atoms with E-state index in [1.54, 1.807) is 6.42 Å². The molecule has 2 N–H and O–H groups in total. The van der Waals surface area contributed by atoms with Gasteiger partial charge in [-0.2, -0.15) is 0 Å². The highest BCUT2D eigenvalue weighted by molar-refractivity contribution is 4.91. The van der Waals surface area contributed by atoms with Crippen molar-refractivity contribution in [2.24, 2.45) is 29.4 Å².